The highest BCUT2D eigenvalue weighted by Crippen LogP contribution is 2.20. The van der Waals surface area contributed by atoms with Crippen LogP contribution in [0.1, 0.15) is 25.5 Å². The molecular weight excluding hydrogens is 296 g/mol. The summed E-state index contributed by atoms with van der Waals surface area (Å²) in [6.45, 7) is 6.38. The quantitative estimate of drug-likeness (QED) is 0.894. The molecule has 1 aliphatic heterocycles. The predicted molar refractivity (Wildman–Crippen MR) is 83.7 cm³/mol. The highest BCUT2D eigenvalue weighted by Gasteiger charge is 2.28. The van der Waals surface area contributed by atoms with Gasteiger partial charge in [-0.25, -0.2) is 4.98 Å². The Balaban J connectivity index is 1.55. The number of hydrogen-bond acceptors (Lipinski definition) is 6. The number of anilines is 1. The summed E-state index contributed by atoms with van der Waals surface area (Å²) < 4.78 is 6.83. The zero-order chi connectivity index (χ0) is 16.2. The smallest absolute Gasteiger partial charge is 0.242 e. The van der Waals surface area contributed by atoms with Crippen molar-refractivity contribution in [2.45, 2.75) is 39.3 Å². The molecule has 0 bridgehead atoms. The van der Waals surface area contributed by atoms with E-state index < -0.39 is 0 Å². The van der Waals surface area contributed by atoms with Gasteiger partial charge in [0.1, 0.15) is 18.4 Å². The molecule has 0 spiro atoms. The molecule has 2 aromatic heterocycles. The van der Waals surface area contributed by atoms with Gasteiger partial charge < -0.3 is 9.84 Å². The summed E-state index contributed by atoms with van der Waals surface area (Å²) >= 11 is 0. The zero-order valence-electron chi connectivity index (χ0n) is 13.5. The average molecular weight is 318 g/mol. The molecule has 2 atom stereocenters. The Morgan fingerprint density at radius 1 is 1.57 bits per heavy atom. The monoisotopic (exact) mass is 318 g/mol. The Morgan fingerprint density at radius 2 is 2.43 bits per heavy atom. The van der Waals surface area contributed by atoms with Crippen molar-refractivity contribution < 1.29 is 9.32 Å². The molecule has 1 fully saturated rings. The van der Waals surface area contributed by atoms with Crippen molar-refractivity contribution in [3.8, 4) is 0 Å². The second-order valence-corrected chi connectivity index (χ2v) is 6.11. The van der Waals surface area contributed by atoms with Gasteiger partial charge in [0.05, 0.1) is 6.04 Å². The summed E-state index contributed by atoms with van der Waals surface area (Å²) in [5.41, 5.74) is 0. The van der Waals surface area contributed by atoms with Gasteiger partial charge in [-0.05, 0) is 39.2 Å². The molecular formula is C15H22N6O2. The predicted octanol–water partition coefficient (Wildman–Crippen LogP) is 1.31. The van der Waals surface area contributed by atoms with Gasteiger partial charge in [0.2, 0.25) is 5.91 Å². The summed E-state index contributed by atoms with van der Waals surface area (Å²) in [7, 11) is 0. The number of likely N-dealkylation sites (tertiary alicyclic amines) is 1. The molecule has 8 nitrogen and oxygen atoms in total. The molecule has 1 amide bonds. The summed E-state index contributed by atoms with van der Waals surface area (Å²) in [6, 6.07) is 1.51. The lowest BCUT2D eigenvalue weighted by Gasteiger charge is -2.35. The Hall–Kier alpha value is -2.22. The van der Waals surface area contributed by atoms with Crippen LogP contribution in [0.25, 0.3) is 0 Å². The van der Waals surface area contributed by atoms with Crippen LogP contribution in [0.2, 0.25) is 0 Å². The Morgan fingerprint density at radius 3 is 3.13 bits per heavy atom. The summed E-state index contributed by atoms with van der Waals surface area (Å²) in [5.74, 6) is 1.57. The lowest BCUT2D eigenvalue weighted by Crippen LogP contribution is -2.47. The molecule has 2 aromatic rings. The van der Waals surface area contributed by atoms with Gasteiger partial charge in [-0.2, -0.15) is 5.10 Å². The van der Waals surface area contributed by atoms with Crippen LogP contribution in [0.3, 0.4) is 0 Å². The van der Waals surface area contributed by atoms with E-state index in [0.29, 0.717) is 17.5 Å². The summed E-state index contributed by atoms with van der Waals surface area (Å²) in [4.78, 5) is 18.6. The number of hydrogen-bond donors (Lipinski definition) is 1. The van der Waals surface area contributed by atoms with Crippen LogP contribution in [0.15, 0.2) is 23.2 Å². The number of rotatable bonds is 5. The molecule has 0 aromatic carbocycles. The van der Waals surface area contributed by atoms with Crippen LogP contribution in [-0.2, 0) is 11.3 Å². The number of carbonyl (C=O) groups excluding carboxylic acids is 1. The van der Waals surface area contributed by atoms with E-state index in [1.54, 1.807) is 25.6 Å². The zero-order valence-corrected chi connectivity index (χ0v) is 13.5. The van der Waals surface area contributed by atoms with Crippen molar-refractivity contribution in [2.24, 2.45) is 5.92 Å². The minimum Gasteiger partial charge on any atom is -0.360 e. The third kappa shape index (κ3) is 3.95. The Labute approximate surface area is 134 Å². The molecule has 0 saturated carbocycles. The fourth-order valence-electron chi connectivity index (χ4n) is 3.01. The largest absolute Gasteiger partial charge is 0.360 e. The van der Waals surface area contributed by atoms with E-state index in [1.807, 2.05) is 11.6 Å². The van der Waals surface area contributed by atoms with Crippen LogP contribution in [0, 0.1) is 12.8 Å². The third-order valence-electron chi connectivity index (χ3n) is 4.27. The molecule has 23 heavy (non-hydrogen) atoms. The van der Waals surface area contributed by atoms with E-state index in [2.05, 4.69) is 25.5 Å². The number of aryl methyl sites for hydroxylation is 1. The Bertz CT molecular complexity index is 638. The van der Waals surface area contributed by atoms with Gasteiger partial charge in [0.25, 0.3) is 0 Å². The number of aromatic nitrogens is 4. The molecule has 1 N–H and O–H groups in total. The van der Waals surface area contributed by atoms with Crippen molar-refractivity contribution in [2.75, 3.05) is 18.4 Å². The third-order valence-corrected chi connectivity index (χ3v) is 4.27. The van der Waals surface area contributed by atoms with Gasteiger partial charge in [0, 0.05) is 19.2 Å². The van der Waals surface area contributed by atoms with E-state index in [9.17, 15) is 4.79 Å². The number of nitrogens with zero attached hydrogens (tertiary/aromatic N) is 5. The molecule has 0 unspecified atom stereocenters. The maximum absolute atomic E-state index is 12.4. The first-order valence-electron chi connectivity index (χ1n) is 7.92. The number of carbonyl (C=O) groups is 1. The highest BCUT2D eigenvalue weighted by atomic mass is 16.5. The van der Waals surface area contributed by atoms with E-state index >= 15 is 0 Å². The highest BCUT2D eigenvalue weighted by molar-refractivity contribution is 5.93. The maximum atomic E-state index is 12.4. The van der Waals surface area contributed by atoms with E-state index in [1.165, 1.54) is 0 Å². The van der Waals surface area contributed by atoms with Crippen molar-refractivity contribution in [3.63, 3.8) is 0 Å². The second-order valence-electron chi connectivity index (χ2n) is 6.11. The van der Waals surface area contributed by atoms with Crippen LogP contribution >= 0.6 is 0 Å². The minimum absolute atomic E-state index is 0.0558. The van der Waals surface area contributed by atoms with Crippen LogP contribution < -0.4 is 5.32 Å². The van der Waals surface area contributed by atoms with Gasteiger partial charge >= 0.3 is 0 Å². The molecule has 1 saturated heterocycles. The van der Waals surface area contributed by atoms with Gasteiger partial charge in [0.15, 0.2) is 5.82 Å². The minimum atomic E-state index is -0.203. The lowest BCUT2D eigenvalue weighted by molar-refractivity contribution is -0.121. The van der Waals surface area contributed by atoms with Gasteiger partial charge in [-0.3, -0.25) is 14.4 Å². The molecule has 3 heterocycles. The van der Waals surface area contributed by atoms with Crippen molar-refractivity contribution >= 4 is 11.7 Å². The van der Waals surface area contributed by atoms with Crippen molar-refractivity contribution in [3.05, 3.63) is 24.5 Å². The lowest BCUT2D eigenvalue weighted by atomic mass is 9.96. The molecule has 1 aliphatic rings. The van der Waals surface area contributed by atoms with E-state index in [0.717, 1.165) is 32.5 Å². The number of piperidine rings is 1. The first-order chi connectivity index (χ1) is 11.1. The molecule has 0 aliphatic carbocycles. The molecule has 124 valence electrons. The molecule has 0 radical (unpaired) electrons. The first-order valence-corrected chi connectivity index (χ1v) is 7.92. The fraction of sp³-hybridized carbons (Fsp3) is 0.600. The van der Waals surface area contributed by atoms with E-state index in [-0.39, 0.29) is 11.9 Å². The maximum Gasteiger partial charge on any atom is 0.242 e. The Kier molecular flexibility index (Phi) is 4.71. The van der Waals surface area contributed by atoms with Gasteiger partial charge in [-0.15, -0.1) is 0 Å². The first kappa shape index (κ1) is 15.7. The fourth-order valence-corrected chi connectivity index (χ4v) is 3.01. The topological polar surface area (TPSA) is 89.1 Å². The molecule has 8 heteroatoms. The summed E-state index contributed by atoms with van der Waals surface area (Å²) in [5, 5.41) is 10.8. The number of amides is 1. The van der Waals surface area contributed by atoms with Crippen molar-refractivity contribution in [1.82, 2.24) is 24.8 Å². The standard InChI is InChI=1S/C15H22N6O2/c1-11-6-14(19-23-11)18-15(22)12(2)20-5-3-4-13(7-20)8-21-10-16-9-17-21/h6,9-10,12-13H,3-5,7-8H2,1-2H3,(H,18,19,22)/t12-,13+/m0/s1. The SMILES string of the molecule is Cc1cc(NC(=O)[C@H](C)N2CCC[C@@H](Cn3cncn3)C2)no1. The van der Waals surface area contributed by atoms with Crippen molar-refractivity contribution in [1.29, 1.82) is 0 Å². The van der Waals surface area contributed by atoms with E-state index in [4.69, 9.17) is 4.52 Å². The normalized spacial score (nSPS) is 20.3. The van der Waals surface area contributed by atoms with Crippen LogP contribution in [-0.4, -0.2) is 49.9 Å². The molecule has 3 rings (SSSR count). The summed E-state index contributed by atoms with van der Waals surface area (Å²) in [6.07, 6.45) is 5.52. The second kappa shape index (κ2) is 6.91. The van der Waals surface area contributed by atoms with Crippen LogP contribution in [0.5, 0.6) is 0 Å². The van der Waals surface area contributed by atoms with Gasteiger partial charge in [-0.1, -0.05) is 5.16 Å². The van der Waals surface area contributed by atoms with Crippen LogP contribution in [0.4, 0.5) is 5.82 Å². The number of nitrogens with one attached hydrogen (secondary N) is 1. The average Bonchev–Trinajstić information content (AvgIpc) is 3.18.